The molecule has 0 radical (unpaired) electrons. The van der Waals surface area contributed by atoms with Gasteiger partial charge in [-0.2, -0.15) is 0 Å². The predicted octanol–water partition coefficient (Wildman–Crippen LogP) is 11.7. The van der Waals surface area contributed by atoms with E-state index >= 15 is 0 Å². The van der Waals surface area contributed by atoms with Crippen LogP contribution in [0.3, 0.4) is 0 Å². The summed E-state index contributed by atoms with van der Waals surface area (Å²) in [5.41, 5.74) is 5.79. The molecular weight excluding hydrogens is 667 g/mol. The van der Waals surface area contributed by atoms with Crippen LogP contribution in [0.5, 0.6) is 0 Å². The van der Waals surface area contributed by atoms with Crippen LogP contribution < -0.4 is 0 Å². The Morgan fingerprint density at radius 1 is 0.809 bits per heavy atom. The Bertz CT molecular complexity index is 1490. The average molecular weight is 722 g/mol. The third-order valence-corrected chi connectivity index (χ3v) is 15.3. The summed E-state index contributed by atoms with van der Waals surface area (Å²) in [6, 6.07) is 10.7. The van der Waals surface area contributed by atoms with Gasteiger partial charge in [0.05, 0.1) is 0 Å². The average Bonchev–Trinajstić information content (AvgIpc) is 3.46. The second kappa shape index (κ2) is 14.5. The van der Waals surface area contributed by atoms with Crippen molar-refractivity contribution in [3.8, 4) is 11.8 Å². The van der Waals surface area contributed by atoms with Crippen molar-refractivity contribution in [3.63, 3.8) is 0 Å². The third kappa shape index (κ3) is 7.71. The minimum atomic E-state index is -2.14. The summed E-state index contributed by atoms with van der Waals surface area (Å²) in [7, 11) is 7.64. The van der Waals surface area contributed by atoms with Gasteiger partial charge in [0.25, 0.3) is 0 Å². The predicted molar refractivity (Wildman–Crippen MR) is 204 cm³/mol. The van der Waals surface area contributed by atoms with E-state index in [1.54, 1.807) is 0 Å². The number of hydrogen-bond acceptors (Lipinski definition) is 1. The van der Waals surface area contributed by atoms with Gasteiger partial charge in [-0.25, -0.2) is 0 Å². The first-order chi connectivity index (χ1) is 21.5. The van der Waals surface area contributed by atoms with Crippen molar-refractivity contribution in [1.82, 2.24) is 4.57 Å². The summed E-state index contributed by atoms with van der Waals surface area (Å²) >= 11 is -0.556. The van der Waals surface area contributed by atoms with E-state index in [0.717, 1.165) is 11.1 Å². The van der Waals surface area contributed by atoms with Crippen LogP contribution in [0.1, 0.15) is 61.0 Å². The number of halogens is 2. The zero-order chi connectivity index (χ0) is 33.7. The fraction of sp³-hybridized carbons (Fsp3) is 0.488. The molecule has 2 fully saturated rings. The number of nitrogens with zero attached hydrogens (tertiary/aromatic N) is 2. The Morgan fingerprint density at radius 2 is 1.32 bits per heavy atom. The summed E-state index contributed by atoms with van der Waals surface area (Å²) in [6.07, 6.45) is 22.3. The van der Waals surface area contributed by atoms with E-state index in [4.69, 9.17) is 23.9 Å². The molecule has 0 amide bonds. The second-order valence-electron chi connectivity index (χ2n) is 16.6. The van der Waals surface area contributed by atoms with E-state index in [-0.39, 0.29) is 36.0 Å². The molecule has 0 N–H and O–H groups in total. The first-order valence-electron chi connectivity index (χ1n) is 16.7. The Morgan fingerprint density at radius 3 is 1.81 bits per heavy atom. The van der Waals surface area contributed by atoms with Crippen molar-refractivity contribution in [2.24, 2.45) is 34.5 Å². The molecule has 1 saturated heterocycles. The molecule has 0 aromatic heterocycles. The van der Waals surface area contributed by atoms with Crippen molar-refractivity contribution >= 4 is 26.8 Å². The molecule has 6 atom stereocenters. The molecule has 0 bridgehead atoms. The van der Waals surface area contributed by atoms with Crippen LogP contribution in [0.25, 0.3) is 5.32 Å². The molecule has 1 aromatic rings. The van der Waals surface area contributed by atoms with Gasteiger partial charge in [0, 0.05) is 11.6 Å². The van der Waals surface area contributed by atoms with Gasteiger partial charge < -0.3 is 17.3 Å². The molecule has 6 rings (SSSR count). The van der Waals surface area contributed by atoms with Gasteiger partial charge in [-0.1, -0.05) is 165 Å². The maximum absolute atomic E-state index is 5.55. The van der Waals surface area contributed by atoms with Crippen LogP contribution in [0, 0.1) is 53.8 Å². The Hall–Kier alpha value is -1.35. The normalized spacial score (nSPS) is 30.6. The van der Waals surface area contributed by atoms with Crippen LogP contribution in [0.2, 0.25) is 18.6 Å². The zero-order valence-corrected chi connectivity index (χ0v) is 34.3. The van der Waals surface area contributed by atoms with E-state index in [2.05, 4.69) is 164 Å². The van der Waals surface area contributed by atoms with Crippen molar-refractivity contribution in [3.05, 3.63) is 120 Å². The van der Waals surface area contributed by atoms with Gasteiger partial charge in [-0.05, 0) is 68.9 Å². The SMILES string of the molecule is CC(C)(C)C1=CC2C(C=C1)C1C=CC(C(C)(C)C)=CC1C2[Si](C)(C)N1[C@@H]2C=CC=C(C#Cc3ccccc3)C2[N-]C1(C)C.[CH3-].[Cl][Ti][Cl]. The summed E-state index contributed by atoms with van der Waals surface area (Å²) in [4.78, 5) is 0. The number of hydrogen-bond donors (Lipinski definition) is 0. The van der Waals surface area contributed by atoms with Gasteiger partial charge in [0.15, 0.2) is 0 Å². The second-order valence-corrected chi connectivity index (χ2v) is 23.6. The number of allylic oxidation sites excluding steroid dienone is 10. The van der Waals surface area contributed by atoms with E-state index in [1.165, 1.54) is 11.1 Å². The fourth-order valence-electron chi connectivity index (χ4n) is 8.92. The minimum absolute atomic E-state index is 0. The monoisotopic (exact) mass is 720 g/mol. The molecule has 47 heavy (non-hydrogen) atoms. The molecule has 0 spiro atoms. The molecule has 1 heterocycles. The van der Waals surface area contributed by atoms with Gasteiger partial charge >= 0.3 is 35.6 Å². The fourth-order valence-corrected chi connectivity index (χ4v) is 14.2. The molecular formula is C41H54Cl2N2SiTi-2. The molecule has 4 aliphatic carbocycles. The van der Waals surface area contributed by atoms with Gasteiger partial charge in [-0.3, -0.25) is 0 Å². The van der Waals surface area contributed by atoms with Crippen LogP contribution in [0.15, 0.2) is 102 Å². The molecule has 6 heteroatoms. The van der Waals surface area contributed by atoms with Crippen LogP contribution in [-0.2, 0) is 17.0 Å². The summed E-state index contributed by atoms with van der Waals surface area (Å²) in [6.45, 7) is 24.2. The van der Waals surface area contributed by atoms with E-state index in [0.29, 0.717) is 29.2 Å². The number of rotatable bonds is 2. The molecule has 5 unspecified atom stereocenters. The summed E-state index contributed by atoms with van der Waals surface area (Å²) in [5.74, 6) is 9.14. The number of benzene rings is 1. The van der Waals surface area contributed by atoms with E-state index in [1.807, 2.05) is 6.07 Å². The van der Waals surface area contributed by atoms with Crippen LogP contribution in [0.4, 0.5) is 0 Å². The number of fused-ring (bicyclic) bond motifs is 4. The van der Waals surface area contributed by atoms with E-state index < -0.39 is 25.3 Å². The molecule has 1 saturated carbocycles. The molecule has 2 nitrogen and oxygen atoms in total. The molecule has 5 aliphatic rings. The zero-order valence-electron chi connectivity index (χ0n) is 30.3. The van der Waals surface area contributed by atoms with Gasteiger partial charge in [0.1, 0.15) is 8.24 Å². The van der Waals surface area contributed by atoms with Crippen molar-refractivity contribution in [1.29, 1.82) is 0 Å². The summed E-state index contributed by atoms with van der Waals surface area (Å²) < 4.78 is 2.90. The Kier molecular flexibility index (Phi) is 11.8. The standard InChI is InChI=1S/C40H51N2Si.CH3.2ClH.Ti/c1-38(2,3)29-21-23-31-32-24-22-30(39(4,5)6)26-34(32)37(33(31)25-29)43(9,10)42-35-18-14-17-28(36(35)41-40(42,7)8)20-19-27-15-12-11-13-16-27;;;;/h11-18,21-26,31-37H,1-10H3;1H3;2*1H;/q2*-1;;;+2/p-2/t31?,32?,33?,34?,35-,36?,37?;;;;/m1..../s1. The topological polar surface area (TPSA) is 17.3 Å². The van der Waals surface area contributed by atoms with Crippen LogP contribution >= 0.6 is 18.6 Å². The maximum atomic E-state index is 5.55. The Labute approximate surface area is 304 Å². The van der Waals surface area contributed by atoms with Gasteiger partial charge in [0.2, 0.25) is 0 Å². The van der Waals surface area contributed by atoms with Crippen molar-refractivity contribution in [2.75, 3.05) is 0 Å². The van der Waals surface area contributed by atoms with Crippen molar-refractivity contribution in [2.45, 2.75) is 91.8 Å². The Balaban J connectivity index is 0.00000120. The molecule has 1 aromatic carbocycles. The van der Waals surface area contributed by atoms with E-state index in [9.17, 15) is 0 Å². The third-order valence-electron chi connectivity index (χ3n) is 10.8. The molecule has 252 valence electrons. The quantitative estimate of drug-likeness (QED) is 0.169. The van der Waals surface area contributed by atoms with Gasteiger partial charge in [-0.15, -0.1) is 0 Å². The molecule has 1 aliphatic heterocycles. The van der Waals surface area contributed by atoms with Crippen molar-refractivity contribution < 1.29 is 17.0 Å². The first-order valence-corrected chi connectivity index (χ1v) is 24.1. The van der Waals surface area contributed by atoms with Crippen LogP contribution in [-0.4, -0.2) is 30.5 Å². The summed E-state index contributed by atoms with van der Waals surface area (Å²) in [5, 5.41) is 5.55. The first kappa shape index (κ1) is 38.5.